The smallest absolute Gasteiger partial charge is 0.0228 e. The molecule has 0 heterocycles. The fourth-order valence-electron chi connectivity index (χ4n) is 3.51. The molecule has 0 spiro atoms. The van der Waals surface area contributed by atoms with Crippen molar-refractivity contribution in [3.8, 4) is 0 Å². The zero-order chi connectivity index (χ0) is 12.9. The lowest BCUT2D eigenvalue weighted by Crippen LogP contribution is -2.08. The maximum atomic E-state index is 2.52. The van der Waals surface area contributed by atoms with E-state index in [4.69, 9.17) is 0 Å². The molecule has 0 heteroatoms. The first kappa shape index (κ1) is 12.7. The summed E-state index contributed by atoms with van der Waals surface area (Å²) in [6.45, 7) is 0. The summed E-state index contributed by atoms with van der Waals surface area (Å²) in [5.74, 6) is 0.879. The van der Waals surface area contributed by atoms with Crippen molar-refractivity contribution in [2.45, 2.75) is 51.4 Å². The van der Waals surface area contributed by atoms with Crippen LogP contribution in [0.25, 0.3) is 5.57 Å². The zero-order valence-electron chi connectivity index (χ0n) is 11.8. The molecular formula is C19H24. The molecule has 0 amide bonds. The van der Waals surface area contributed by atoms with Gasteiger partial charge in [-0.15, -0.1) is 0 Å². The van der Waals surface area contributed by atoms with Crippen LogP contribution in [0.5, 0.6) is 0 Å². The van der Waals surface area contributed by atoms with Crippen molar-refractivity contribution < 1.29 is 0 Å². The van der Waals surface area contributed by atoms with Gasteiger partial charge in [0.2, 0.25) is 0 Å². The largest absolute Gasteiger partial charge is 0.0853 e. The van der Waals surface area contributed by atoms with Crippen molar-refractivity contribution in [3.63, 3.8) is 0 Å². The van der Waals surface area contributed by atoms with Crippen LogP contribution < -0.4 is 0 Å². The highest BCUT2D eigenvalue weighted by molar-refractivity contribution is 5.66. The highest BCUT2D eigenvalue weighted by Gasteiger charge is 2.18. The number of hydrogen-bond donors (Lipinski definition) is 0. The minimum Gasteiger partial charge on any atom is -0.0853 e. The van der Waals surface area contributed by atoms with E-state index in [1.807, 2.05) is 0 Å². The number of hydrogen-bond acceptors (Lipinski definition) is 0. The number of allylic oxidation sites excluding steroid dienone is 4. The Labute approximate surface area is 117 Å². The maximum absolute atomic E-state index is 2.52. The highest BCUT2D eigenvalue weighted by Crippen LogP contribution is 2.36. The van der Waals surface area contributed by atoms with Crippen LogP contribution in [-0.2, 0) is 0 Å². The van der Waals surface area contributed by atoms with Crippen LogP contribution >= 0.6 is 0 Å². The fourth-order valence-corrected chi connectivity index (χ4v) is 3.51. The lowest BCUT2D eigenvalue weighted by molar-refractivity contribution is 0.469. The summed E-state index contributed by atoms with van der Waals surface area (Å²) >= 11 is 0. The Morgan fingerprint density at radius 1 is 0.947 bits per heavy atom. The van der Waals surface area contributed by atoms with Crippen LogP contribution in [0.4, 0.5) is 0 Å². The van der Waals surface area contributed by atoms with E-state index in [0.29, 0.717) is 0 Å². The summed E-state index contributed by atoms with van der Waals surface area (Å²) < 4.78 is 0. The minimum atomic E-state index is 0.879. The Morgan fingerprint density at radius 3 is 2.63 bits per heavy atom. The van der Waals surface area contributed by atoms with Crippen molar-refractivity contribution in [2.24, 2.45) is 5.92 Å². The van der Waals surface area contributed by atoms with Crippen molar-refractivity contribution in [1.29, 1.82) is 0 Å². The second-order valence-electron chi connectivity index (χ2n) is 6.06. The van der Waals surface area contributed by atoms with Crippen LogP contribution in [0.3, 0.4) is 0 Å². The highest BCUT2D eigenvalue weighted by atomic mass is 14.2. The molecule has 2 aliphatic rings. The first-order valence-corrected chi connectivity index (χ1v) is 7.84. The quantitative estimate of drug-likeness (QED) is 0.600. The monoisotopic (exact) mass is 252 g/mol. The SMILES string of the molecule is C1=C(CC2CCC=C(c3ccccc3)C2)CCCC1. The van der Waals surface area contributed by atoms with Gasteiger partial charge in [-0.1, -0.05) is 48.1 Å². The van der Waals surface area contributed by atoms with Gasteiger partial charge in [0.15, 0.2) is 0 Å². The van der Waals surface area contributed by atoms with Gasteiger partial charge in [-0.2, -0.15) is 0 Å². The van der Waals surface area contributed by atoms with E-state index in [0.717, 1.165) is 5.92 Å². The molecule has 0 saturated carbocycles. The Balaban J connectivity index is 1.64. The van der Waals surface area contributed by atoms with E-state index in [-0.39, 0.29) is 0 Å². The Hall–Kier alpha value is -1.30. The van der Waals surface area contributed by atoms with Crippen molar-refractivity contribution in [1.82, 2.24) is 0 Å². The molecule has 0 radical (unpaired) electrons. The van der Waals surface area contributed by atoms with E-state index in [1.165, 1.54) is 56.9 Å². The van der Waals surface area contributed by atoms with Crippen LogP contribution in [-0.4, -0.2) is 0 Å². The zero-order valence-corrected chi connectivity index (χ0v) is 11.8. The molecule has 0 nitrogen and oxygen atoms in total. The molecule has 1 aromatic carbocycles. The molecule has 0 fully saturated rings. The molecule has 0 aromatic heterocycles. The van der Waals surface area contributed by atoms with Crippen molar-refractivity contribution in [3.05, 3.63) is 53.6 Å². The summed E-state index contributed by atoms with van der Waals surface area (Å²) in [5, 5.41) is 0. The third-order valence-electron chi connectivity index (χ3n) is 4.55. The average Bonchev–Trinajstić information content (AvgIpc) is 2.49. The summed E-state index contributed by atoms with van der Waals surface area (Å²) in [7, 11) is 0. The lowest BCUT2D eigenvalue weighted by atomic mass is 9.80. The predicted molar refractivity (Wildman–Crippen MR) is 82.9 cm³/mol. The van der Waals surface area contributed by atoms with Gasteiger partial charge < -0.3 is 0 Å². The third kappa shape index (κ3) is 3.37. The predicted octanol–water partition coefficient (Wildman–Crippen LogP) is 5.76. The number of benzene rings is 1. The van der Waals surface area contributed by atoms with Gasteiger partial charge >= 0.3 is 0 Å². The summed E-state index contributed by atoms with van der Waals surface area (Å²) in [4.78, 5) is 0. The summed E-state index contributed by atoms with van der Waals surface area (Å²) in [5.41, 5.74) is 4.75. The average molecular weight is 252 g/mol. The fraction of sp³-hybridized carbons (Fsp3) is 0.474. The summed E-state index contributed by atoms with van der Waals surface area (Å²) in [6, 6.07) is 10.9. The van der Waals surface area contributed by atoms with Crippen molar-refractivity contribution >= 4 is 5.57 Å². The van der Waals surface area contributed by atoms with Crippen LogP contribution in [0.15, 0.2) is 48.1 Å². The molecule has 1 aromatic rings. The standard InChI is InChI=1S/C19H24/c1-3-8-16(9-4-1)14-17-10-7-13-19(15-17)18-11-5-2-6-12-18/h2,5-6,8,11-13,17H,1,3-4,7,9-10,14-15H2. The lowest BCUT2D eigenvalue weighted by Gasteiger charge is -2.25. The van der Waals surface area contributed by atoms with Gasteiger partial charge in [0.1, 0.15) is 0 Å². The molecule has 1 atom stereocenters. The molecule has 0 bridgehead atoms. The maximum Gasteiger partial charge on any atom is -0.0228 e. The number of rotatable bonds is 3. The van der Waals surface area contributed by atoms with E-state index >= 15 is 0 Å². The molecule has 0 saturated heterocycles. The van der Waals surface area contributed by atoms with Gasteiger partial charge in [0, 0.05) is 0 Å². The first-order valence-electron chi connectivity index (χ1n) is 7.84. The molecular weight excluding hydrogens is 228 g/mol. The first-order chi connectivity index (χ1) is 9.42. The van der Waals surface area contributed by atoms with E-state index in [9.17, 15) is 0 Å². The summed E-state index contributed by atoms with van der Waals surface area (Å²) in [6.07, 6.45) is 15.8. The van der Waals surface area contributed by atoms with Crippen LogP contribution in [0.1, 0.15) is 56.9 Å². The van der Waals surface area contributed by atoms with E-state index < -0.39 is 0 Å². The van der Waals surface area contributed by atoms with Gasteiger partial charge in [0.05, 0.1) is 0 Å². The van der Waals surface area contributed by atoms with Gasteiger partial charge in [-0.25, -0.2) is 0 Å². The second-order valence-corrected chi connectivity index (χ2v) is 6.06. The Morgan fingerprint density at radius 2 is 1.84 bits per heavy atom. The van der Waals surface area contributed by atoms with Crippen LogP contribution in [0, 0.1) is 5.92 Å². The second kappa shape index (κ2) is 6.23. The van der Waals surface area contributed by atoms with Gasteiger partial charge in [-0.3, -0.25) is 0 Å². The Kier molecular flexibility index (Phi) is 4.17. The molecule has 19 heavy (non-hydrogen) atoms. The normalized spacial score (nSPS) is 23.7. The Bertz CT molecular complexity index is 464. The van der Waals surface area contributed by atoms with Gasteiger partial charge in [-0.05, 0) is 68.4 Å². The molecule has 1 unspecified atom stereocenters. The molecule has 2 aliphatic carbocycles. The molecule has 100 valence electrons. The molecule has 0 N–H and O–H groups in total. The van der Waals surface area contributed by atoms with E-state index in [2.05, 4.69) is 42.5 Å². The van der Waals surface area contributed by atoms with Gasteiger partial charge in [0.25, 0.3) is 0 Å². The molecule has 0 aliphatic heterocycles. The minimum absolute atomic E-state index is 0.879. The van der Waals surface area contributed by atoms with Crippen LogP contribution in [0.2, 0.25) is 0 Å². The van der Waals surface area contributed by atoms with Crippen molar-refractivity contribution in [2.75, 3.05) is 0 Å². The van der Waals surface area contributed by atoms with E-state index in [1.54, 1.807) is 11.1 Å². The topological polar surface area (TPSA) is 0 Å². The molecule has 3 rings (SSSR count). The third-order valence-corrected chi connectivity index (χ3v) is 4.55.